The van der Waals surface area contributed by atoms with E-state index in [4.69, 9.17) is 0 Å². The van der Waals surface area contributed by atoms with Gasteiger partial charge in [0.05, 0.1) is 0 Å². The van der Waals surface area contributed by atoms with Crippen LogP contribution in [0.25, 0.3) is 0 Å². The quantitative estimate of drug-likeness (QED) is 0.642. The van der Waals surface area contributed by atoms with Crippen molar-refractivity contribution < 1.29 is 0 Å². The van der Waals surface area contributed by atoms with Gasteiger partial charge >= 0.3 is 0 Å². The van der Waals surface area contributed by atoms with Gasteiger partial charge in [-0.15, -0.1) is 0 Å². The number of hydrogen-bond donors (Lipinski definition) is 3. The molecule has 0 aliphatic rings. The summed E-state index contributed by atoms with van der Waals surface area (Å²) in [5, 5.41) is 0. The Morgan fingerprint density at radius 3 is 1.60 bits per heavy atom. The number of thiol groups is 3. The van der Waals surface area contributed by atoms with Crippen LogP contribution >= 0.6 is 37.9 Å². The predicted octanol–water partition coefficient (Wildman–Crippen LogP) is 3.10. The molecule has 0 spiro atoms. The Morgan fingerprint density at radius 2 is 1.20 bits per heavy atom. The Balaban J connectivity index is 2.97. The third kappa shape index (κ3) is 3.97. The van der Waals surface area contributed by atoms with Crippen molar-refractivity contribution in [2.75, 3.05) is 17.3 Å². The first-order chi connectivity index (χ1) is 7.33. The van der Waals surface area contributed by atoms with Gasteiger partial charge in [-0.2, -0.15) is 37.9 Å². The molecule has 84 valence electrons. The van der Waals surface area contributed by atoms with E-state index in [-0.39, 0.29) is 0 Å². The number of benzene rings is 1. The molecule has 1 aromatic carbocycles. The second-order valence-electron chi connectivity index (χ2n) is 3.48. The largest absolute Gasteiger partial charge is 0.179 e. The van der Waals surface area contributed by atoms with E-state index < -0.39 is 0 Å². The van der Waals surface area contributed by atoms with Gasteiger partial charge in [0.15, 0.2) is 0 Å². The summed E-state index contributed by atoms with van der Waals surface area (Å²) >= 11 is 12.9. The average Bonchev–Trinajstić information content (AvgIpc) is 2.23. The predicted molar refractivity (Wildman–Crippen MR) is 79.1 cm³/mol. The van der Waals surface area contributed by atoms with Crippen molar-refractivity contribution >= 4 is 37.9 Å². The second-order valence-corrected chi connectivity index (χ2v) is 4.82. The van der Waals surface area contributed by atoms with E-state index >= 15 is 0 Å². The Hall–Kier alpha value is 0.270. The van der Waals surface area contributed by atoms with Crippen molar-refractivity contribution in [3.05, 3.63) is 34.9 Å². The maximum Gasteiger partial charge on any atom is -0.00572 e. The van der Waals surface area contributed by atoms with E-state index in [0.29, 0.717) is 0 Å². The van der Waals surface area contributed by atoms with E-state index in [9.17, 15) is 0 Å². The second kappa shape index (κ2) is 7.53. The normalized spacial score (nSPS) is 10.6. The summed E-state index contributed by atoms with van der Waals surface area (Å²) in [4.78, 5) is 0. The van der Waals surface area contributed by atoms with Gasteiger partial charge in [-0.05, 0) is 53.2 Å². The lowest BCUT2D eigenvalue weighted by molar-refractivity contribution is 0.999. The molecule has 1 rings (SSSR count). The van der Waals surface area contributed by atoms with Gasteiger partial charge < -0.3 is 0 Å². The first-order valence-electron chi connectivity index (χ1n) is 5.25. The van der Waals surface area contributed by atoms with Crippen LogP contribution in [0.2, 0.25) is 0 Å². The van der Waals surface area contributed by atoms with Crippen molar-refractivity contribution in [1.82, 2.24) is 0 Å². The molecule has 0 heterocycles. The van der Waals surface area contributed by atoms with Crippen molar-refractivity contribution in [3.8, 4) is 0 Å². The van der Waals surface area contributed by atoms with Gasteiger partial charge in [-0.3, -0.25) is 0 Å². The van der Waals surface area contributed by atoms with Crippen LogP contribution in [0.1, 0.15) is 16.7 Å². The molecule has 0 atom stereocenters. The van der Waals surface area contributed by atoms with Crippen LogP contribution in [0, 0.1) is 0 Å². The molecule has 0 unspecified atom stereocenters. The number of rotatable bonds is 6. The first-order valence-corrected chi connectivity index (χ1v) is 7.15. The van der Waals surface area contributed by atoms with Gasteiger partial charge in [0, 0.05) is 0 Å². The van der Waals surface area contributed by atoms with E-state index in [1.807, 2.05) is 0 Å². The molecule has 0 bridgehead atoms. The molecule has 0 aromatic heterocycles. The van der Waals surface area contributed by atoms with Crippen LogP contribution in [-0.4, -0.2) is 17.3 Å². The van der Waals surface area contributed by atoms with E-state index in [2.05, 4.69) is 56.1 Å². The highest BCUT2D eigenvalue weighted by Crippen LogP contribution is 2.18. The van der Waals surface area contributed by atoms with E-state index in [1.54, 1.807) is 0 Å². The Kier molecular flexibility index (Phi) is 6.69. The van der Waals surface area contributed by atoms with Crippen molar-refractivity contribution in [3.63, 3.8) is 0 Å². The van der Waals surface area contributed by atoms with Gasteiger partial charge in [0.1, 0.15) is 0 Å². The molecular weight excluding hydrogens is 240 g/mol. The first kappa shape index (κ1) is 13.3. The summed E-state index contributed by atoms with van der Waals surface area (Å²) in [6.07, 6.45) is 3.15. The lowest BCUT2D eigenvalue weighted by Crippen LogP contribution is -2.03. The molecular formula is C12H18S3. The maximum atomic E-state index is 4.32. The topological polar surface area (TPSA) is 0 Å². The fourth-order valence-electron chi connectivity index (χ4n) is 1.83. The summed E-state index contributed by atoms with van der Waals surface area (Å²) in [7, 11) is 0. The summed E-state index contributed by atoms with van der Waals surface area (Å²) in [5.41, 5.74) is 4.33. The maximum absolute atomic E-state index is 4.32. The van der Waals surface area contributed by atoms with Gasteiger partial charge in [-0.25, -0.2) is 0 Å². The minimum absolute atomic E-state index is 0.906. The zero-order valence-electron chi connectivity index (χ0n) is 8.82. The van der Waals surface area contributed by atoms with Crippen LogP contribution in [-0.2, 0) is 19.3 Å². The molecule has 0 nitrogen and oxygen atoms in total. The van der Waals surface area contributed by atoms with Crippen LogP contribution in [0.3, 0.4) is 0 Å². The molecule has 1 aromatic rings. The standard InChI is InChI=1S/C12H18S3/c13-7-4-10-2-1-3-11(5-8-14)12(10)6-9-15/h1-3,13-15H,4-9H2. The molecule has 0 saturated carbocycles. The highest BCUT2D eigenvalue weighted by atomic mass is 32.1. The van der Waals surface area contributed by atoms with Crippen molar-refractivity contribution in [1.29, 1.82) is 0 Å². The third-order valence-corrected chi connectivity index (χ3v) is 3.16. The lowest BCUT2D eigenvalue weighted by Gasteiger charge is -2.13. The zero-order valence-corrected chi connectivity index (χ0v) is 11.5. The molecule has 0 saturated heterocycles. The summed E-state index contributed by atoms with van der Waals surface area (Å²) in [6, 6.07) is 6.55. The van der Waals surface area contributed by atoms with Crippen molar-refractivity contribution in [2.24, 2.45) is 0 Å². The molecule has 0 fully saturated rings. The Bertz CT molecular complexity index is 273. The molecule has 3 heteroatoms. The van der Waals surface area contributed by atoms with Crippen LogP contribution in [0.4, 0.5) is 0 Å². The minimum Gasteiger partial charge on any atom is -0.179 e. The lowest BCUT2D eigenvalue weighted by atomic mass is 9.96. The third-order valence-electron chi connectivity index (χ3n) is 2.49. The van der Waals surface area contributed by atoms with Gasteiger partial charge in [-0.1, -0.05) is 18.2 Å². The molecule has 0 aliphatic carbocycles. The SMILES string of the molecule is SCCc1cccc(CCS)c1CCS. The van der Waals surface area contributed by atoms with Crippen molar-refractivity contribution in [2.45, 2.75) is 19.3 Å². The fourth-order valence-corrected chi connectivity index (χ4v) is 2.54. The highest BCUT2D eigenvalue weighted by molar-refractivity contribution is 7.80. The molecule has 0 amide bonds. The monoisotopic (exact) mass is 258 g/mol. The number of hydrogen-bond acceptors (Lipinski definition) is 3. The Morgan fingerprint density at radius 1 is 0.733 bits per heavy atom. The zero-order chi connectivity index (χ0) is 11.1. The minimum atomic E-state index is 0.906. The summed E-state index contributed by atoms with van der Waals surface area (Å²) < 4.78 is 0. The van der Waals surface area contributed by atoms with E-state index in [1.165, 1.54) is 16.7 Å². The fraction of sp³-hybridized carbons (Fsp3) is 0.500. The smallest absolute Gasteiger partial charge is 0.00572 e. The summed E-state index contributed by atoms with van der Waals surface area (Å²) in [5.74, 6) is 2.72. The Labute approximate surface area is 109 Å². The number of aryl methyl sites for hydroxylation is 2. The molecule has 0 radical (unpaired) electrons. The molecule has 0 aliphatic heterocycles. The molecule has 15 heavy (non-hydrogen) atoms. The van der Waals surface area contributed by atoms with E-state index in [0.717, 1.165) is 36.5 Å². The van der Waals surface area contributed by atoms with Crippen LogP contribution in [0.15, 0.2) is 18.2 Å². The van der Waals surface area contributed by atoms with Crippen LogP contribution < -0.4 is 0 Å². The van der Waals surface area contributed by atoms with Gasteiger partial charge in [0.2, 0.25) is 0 Å². The average molecular weight is 258 g/mol. The molecule has 0 N–H and O–H groups in total. The summed E-state index contributed by atoms with van der Waals surface area (Å²) in [6.45, 7) is 0. The van der Waals surface area contributed by atoms with Gasteiger partial charge in [0.25, 0.3) is 0 Å². The highest BCUT2D eigenvalue weighted by Gasteiger charge is 2.06. The van der Waals surface area contributed by atoms with Crippen LogP contribution in [0.5, 0.6) is 0 Å².